The fraction of sp³-hybridized carbons (Fsp3) is 1.00. The second kappa shape index (κ2) is 4.64. The molecule has 0 aromatic carbocycles. The lowest BCUT2D eigenvalue weighted by molar-refractivity contribution is 0.121. The second-order valence-corrected chi connectivity index (χ2v) is 4.94. The van der Waals surface area contributed by atoms with Crippen molar-refractivity contribution < 1.29 is 9.84 Å². The highest BCUT2D eigenvalue weighted by Gasteiger charge is 2.28. The minimum absolute atomic E-state index is 0.170. The lowest BCUT2D eigenvalue weighted by Crippen LogP contribution is -2.46. The molecule has 3 atom stereocenters. The molecule has 2 aliphatic heterocycles. The van der Waals surface area contributed by atoms with E-state index in [9.17, 15) is 5.11 Å². The highest BCUT2D eigenvalue weighted by atomic mass is 32.2. The molecule has 0 bridgehead atoms. The van der Waals surface area contributed by atoms with Crippen molar-refractivity contribution in [2.24, 2.45) is 0 Å². The molecule has 2 rings (SSSR count). The Morgan fingerprint density at radius 1 is 1.38 bits per heavy atom. The predicted octanol–water partition coefficient (Wildman–Crippen LogP) is 0.231. The molecule has 0 aromatic heterocycles. The molecule has 2 N–H and O–H groups in total. The Labute approximate surface area is 83.2 Å². The quantitative estimate of drug-likeness (QED) is 0.674. The van der Waals surface area contributed by atoms with Gasteiger partial charge in [-0.3, -0.25) is 0 Å². The first kappa shape index (κ1) is 9.77. The van der Waals surface area contributed by atoms with E-state index in [4.69, 9.17) is 4.74 Å². The summed E-state index contributed by atoms with van der Waals surface area (Å²) >= 11 is 2.00. The lowest BCUT2D eigenvalue weighted by atomic mass is 10.1. The molecule has 2 saturated heterocycles. The van der Waals surface area contributed by atoms with Crippen LogP contribution in [0.2, 0.25) is 0 Å². The van der Waals surface area contributed by atoms with Crippen LogP contribution in [-0.4, -0.2) is 48.0 Å². The Hall–Kier alpha value is 0.230. The van der Waals surface area contributed by atoms with Gasteiger partial charge in [0.2, 0.25) is 0 Å². The zero-order valence-corrected chi connectivity index (χ0v) is 8.55. The first-order valence-corrected chi connectivity index (χ1v) is 6.11. The zero-order chi connectivity index (χ0) is 9.10. The van der Waals surface area contributed by atoms with Gasteiger partial charge in [-0.25, -0.2) is 0 Å². The number of hydrogen-bond donors (Lipinski definition) is 2. The third kappa shape index (κ3) is 2.59. The standard InChI is InChI=1S/C9H17NO2S/c11-9-5-12-4-8(9)10-7-2-1-3-13-6-7/h7-11H,1-6H2. The van der Waals surface area contributed by atoms with Crippen molar-refractivity contribution in [3.8, 4) is 0 Å². The van der Waals surface area contributed by atoms with Gasteiger partial charge in [-0.15, -0.1) is 0 Å². The summed E-state index contributed by atoms with van der Waals surface area (Å²) in [4.78, 5) is 0. The molecule has 2 heterocycles. The summed E-state index contributed by atoms with van der Waals surface area (Å²) in [7, 11) is 0. The molecule has 13 heavy (non-hydrogen) atoms. The summed E-state index contributed by atoms with van der Waals surface area (Å²) in [6, 6.07) is 0.754. The SMILES string of the molecule is OC1COCC1NC1CCCSC1. The number of hydrogen-bond acceptors (Lipinski definition) is 4. The number of rotatable bonds is 2. The molecule has 76 valence electrons. The molecular formula is C9H17NO2S. The van der Waals surface area contributed by atoms with Gasteiger partial charge in [0.1, 0.15) is 0 Å². The van der Waals surface area contributed by atoms with Gasteiger partial charge in [0.25, 0.3) is 0 Å². The average Bonchev–Trinajstić information content (AvgIpc) is 2.54. The zero-order valence-electron chi connectivity index (χ0n) is 7.74. The van der Waals surface area contributed by atoms with Crippen LogP contribution in [0.1, 0.15) is 12.8 Å². The molecule has 3 unspecified atom stereocenters. The van der Waals surface area contributed by atoms with E-state index in [2.05, 4.69) is 5.32 Å². The van der Waals surface area contributed by atoms with Crippen LogP contribution >= 0.6 is 11.8 Å². The van der Waals surface area contributed by atoms with E-state index in [1.54, 1.807) is 0 Å². The monoisotopic (exact) mass is 203 g/mol. The average molecular weight is 203 g/mol. The molecular weight excluding hydrogens is 186 g/mol. The summed E-state index contributed by atoms with van der Waals surface area (Å²) in [5.74, 6) is 2.48. The minimum Gasteiger partial charge on any atom is -0.389 e. The number of thioether (sulfide) groups is 1. The van der Waals surface area contributed by atoms with Crippen molar-refractivity contribution in [3.63, 3.8) is 0 Å². The number of aliphatic hydroxyl groups is 1. The second-order valence-electron chi connectivity index (χ2n) is 3.79. The summed E-state index contributed by atoms with van der Waals surface area (Å²) in [6.07, 6.45) is 2.24. The topological polar surface area (TPSA) is 41.5 Å². The van der Waals surface area contributed by atoms with E-state index in [-0.39, 0.29) is 12.1 Å². The van der Waals surface area contributed by atoms with Crippen molar-refractivity contribution >= 4 is 11.8 Å². The first-order valence-electron chi connectivity index (χ1n) is 4.96. The first-order chi connectivity index (χ1) is 6.36. The maximum atomic E-state index is 9.53. The van der Waals surface area contributed by atoms with Crippen LogP contribution in [0.25, 0.3) is 0 Å². The molecule has 0 spiro atoms. The maximum Gasteiger partial charge on any atom is 0.0948 e. The summed E-state index contributed by atoms with van der Waals surface area (Å²) in [6.45, 7) is 1.17. The molecule has 3 nitrogen and oxygen atoms in total. The third-order valence-electron chi connectivity index (χ3n) is 2.66. The van der Waals surface area contributed by atoms with Gasteiger partial charge < -0.3 is 15.2 Å². The number of aliphatic hydroxyl groups excluding tert-OH is 1. The maximum absolute atomic E-state index is 9.53. The van der Waals surface area contributed by atoms with E-state index in [1.807, 2.05) is 11.8 Å². The Kier molecular flexibility index (Phi) is 3.49. The van der Waals surface area contributed by atoms with E-state index in [0.29, 0.717) is 19.3 Å². The molecule has 0 saturated carbocycles. The Bertz CT molecular complexity index is 162. The lowest BCUT2D eigenvalue weighted by Gasteiger charge is -2.26. The van der Waals surface area contributed by atoms with E-state index in [1.165, 1.54) is 24.3 Å². The van der Waals surface area contributed by atoms with Gasteiger partial charge in [-0.05, 0) is 18.6 Å². The number of ether oxygens (including phenoxy) is 1. The van der Waals surface area contributed by atoms with Gasteiger partial charge >= 0.3 is 0 Å². The molecule has 0 aliphatic carbocycles. The highest BCUT2D eigenvalue weighted by Crippen LogP contribution is 2.18. The van der Waals surface area contributed by atoms with Crippen molar-refractivity contribution in [3.05, 3.63) is 0 Å². The van der Waals surface area contributed by atoms with Crippen LogP contribution in [-0.2, 0) is 4.74 Å². The Balaban J connectivity index is 1.75. The highest BCUT2D eigenvalue weighted by molar-refractivity contribution is 7.99. The van der Waals surface area contributed by atoms with Gasteiger partial charge in [0.15, 0.2) is 0 Å². The normalized spacial score (nSPS) is 40.8. The fourth-order valence-electron chi connectivity index (χ4n) is 1.88. The molecule has 4 heteroatoms. The Morgan fingerprint density at radius 3 is 2.92 bits per heavy atom. The van der Waals surface area contributed by atoms with Crippen molar-refractivity contribution in [2.75, 3.05) is 24.7 Å². The summed E-state index contributed by atoms with van der Waals surface area (Å²) < 4.78 is 5.19. The van der Waals surface area contributed by atoms with E-state index >= 15 is 0 Å². The Morgan fingerprint density at radius 2 is 2.31 bits per heavy atom. The van der Waals surface area contributed by atoms with Crippen molar-refractivity contribution in [1.82, 2.24) is 5.32 Å². The predicted molar refractivity (Wildman–Crippen MR) is 54.1 cm³/mol. The van der Waals surface area contributed by atoms with E-state index in [0.717, 1.165) is 0 Å². The van der Waals surface area contributed by atoms with Crippen molar-refractivity contribution in [2.45, 2.75) is 31.0 Å². The van der Waals surface area contributed by atoms with Crippen molar-refractivity contribution in [1.29, 1.82) is 0 Å². The molecule has 0 aromatic rings. The van der Waals surface area contributed by atoms with E-state index < -0.39 is 0 Å². The van der Waals surface area contributed by atoms with Crippen LogP contribution in [0.15, 0.2) is 0 Å². The van der Waals surface area contributed by atoms with Gasteiger partial charge in [-0.1, -0.05) is 0 Å². The molecule has 0 amide bonds. The van der Waals surface area contributed by atoms with Crippen LogP contribution in [0.4, 0.5) is 0 Å². The molecule has 2 aliphatic rings. The van der Waals surface area contributed by atoms with Gasteiger partial charge in [0.05, 0.1) is 25.4 Å². The van der Waals surface area contributed by atoms with Crippen LogP contribution in [0.3, 0.4) is 0 Å². The summed E-state index contributed by atoms with van der Waals surface area (Å²) in [5.41, 5.74) is 0. The van der Waals surface area contributed by atoms with Gasteiger partial charge in [0, 0.05) is 11.8 Å². The molecule has 0 radical (unpaired) electrons. The third-order valence-corrected chi connectivity index (χ3v) is 3.88. The summed E-state index contributed by atoms with van der Waals surface area (Å²) in [5, 5.41) is 13.0. The minimum atomic E-state index is -0.299. The van der Waals surface area contributed by atoms with Crippen LogP contribution in [0, 0.1) is 0 Å². The smallest absolute Gasteiger partial charge is 0.0948 e. The molecule has 2 fully saturated rings. The largest absolute Gasteiger partial charge is 0.389 e. The van der Waals surface area contributed by atoms with Crippen LogP contribution < -0.4 is 5.32 Å². The fourth-order valence-corrected chi connectivity index (χ4v) is 2.96. The number of nitrogens with one attached hydrogen (secondary N) is 1. The van der Waals surface area contributed by atoms with Crippen LogP contribution in [0.5, 0.6) is 0 Å². The van der Waals surface area contributed by atoms with Gasteiger partial charge in [-0.2, -0.15) is 11.8 Å².